The van der Waals surface area contributed by atoms with E-state index in [4.69, 9.17) is 21.1 Å². The van der Waals surface area contributed by atoms with Crippen LogP contribution in [0.5, 0.6) is 17.2 Å². The van der Waals surface area contributed by atoms with Gasteiger partial charge in [0.05, 0.1) is 37.4 Å². The molecule has 9 nitrogen and oxygen atoms in total. The number of hydrogen-bond acceptors (Lipinski definition) is 7. The highest BCUT2D eigenvalue weighted by Gasteiger charge is 2.21. The number of nitrogens with one attached hydrogen (secondary N) is 1. The minimum absolute atomic E-state index is 0.140. The topological polar surface area (TPSA) is 118 Å². The van der Waals surface area contributed by atoms with Crippen molar-refractivity contribution >= 4 is 39.4 Å². The van der Waals surface area contributed by atoms with E-state index in [1.165, 1.54) is 38.6 Å². The predicted molar refractivity (Wildman–Crippen MR) is 111 cm³/mol. The van der Waals surface area contributed by atoms with Crippen molar-refractivity contribution in [2.45, 2.75) is 0 Å². The van der Waals surface area contributed by atoms with Gasteiger partial charge in [0.2, 0.25) is 10.0 Å². The molecule has 0 aliphatic heterocycles. The Balaban J connectivity index is 2.14. The van der Waals surface area contributed by atoms with E-state index in [0.717, 1.165) is 10.6 Å². The number of ether oxygens (including phenoxy) is 2. The lowest BCUT2D eigenvalue weighted by atomic mass is 10.2. The summed E-state index contributed by atoms with van der Waals surface area (Å²) in [5.74, 6) is -0.212. The molecule has 2 aromatic carbocycles. The average molecular weight is 442 g/mol. The fraction of sp³-hybridized carbons (Fsp3) is 0.222. The van der Waals surface area contributed by atoms with Gasteiger partial charge in [-0.05, 0) is 30.3 Å². The smallest absolute Gasteiger partial charge is 0.260 e. The number of para-hydroxylation sites is 1. The van der Waals surface area contributed by atoms with E-state index in [1.807, 2.05) is 0 Å². The molecule has 11 heteroatoms. The van der Waals surface area contributed by atoms with Gasteiger partial charge in [-0.2, -0.15) is 5.10 Å². The molecule has 0 atom stereocenters. The van der Waals surface area contributed by atoms with Crippen LogP contribution < -0.4 is 19.2 Å². The second kappa shape index (κ2) is 9.48. The minimum Gasteiger partial charge on any atom is -0.504 e. The van der Waals surface area contributed by atoms with Crippen LogP contribution in [0.15, 0.2) is 41.5 Å². The van der Waals surface area contributed by atoms with Crippen molar-refractivity contribution in [1.82, 2.24) is 5.43 Å². The van der Waals surface area contributed by atoms with E-state index in [-0.39, 0.29) is 22.2 Å². The standard InChI is InChI=1S/C18H20ClN3O6S/c1-27-15-8-7-13(9-14(15)19)22(29(3,25)26)11-17(23)21-20-10-12-5-4-6-16(28-2)18(12)24/h4-10,24H,11H2,1-3H3,(H,21,23)/b20-10-. The van der Waals surface area contributed by atoms with Gasteiger partial charge in [-0.1, -0.05) is 17.7 Å². The van der Waals surface area contributed by atoms with Gasteiger partial charge in [0, 0.05) is 5.56 Å². The summed E-state index contributed by atoms with van der Waals surface area (Å²) >= 11 is 6.05. The summed E-state index contributed by atoms with van der Waals surface area (Å²) in [4.78, 5) is 12.2. The molecule has 0 spiro atoms. The number of methoxy groups -OCH3 is 2. The van der Waals surface area contributed by atoms with E-state index in [2.05, 4.69) is 10.5 Å². The van der Waals surface area contributed by atoms with Gasteiger partial charge in [0.15, 0.2) is 11.5 Å². The summed E-state index contributed by atoms with van der Waals surface area (Å²) < 4.78 is 35.2. The van der Waals surface area contributed by atoms with Crippen molar-refractivity contribution in [3.63, 3.8) is 0 Å². The van der Waals surface area contributed by atoms with Gasteiger partial charge in [-0.3, -0.25) is 9.10 Å². The Bertz CT molecular complexity index is 1030. The Morgan fingerprint density at radius 1 is 1.24 bits per heavy atom. The van der Waals surface area contributed by atoms with E-state index < -0.39 is 22.5 Å². The molecule has 2 rings (SSSR count). The zero-order chi connectivity index (χ0) is 21.6. The molecule has 0 fully saturated rings. The van der Waals surface area contributed by atoms with Crippen LogP contribution in [0.4, 0.5) is 5.69 Å². The number of benzene rings is 2. The third-order valence-electron chi connectivity index (χ3n) is 3.75. The maximum atomic E-state index is 12.2. The number of phenolic OH excluding ortho intramolecular Hbond substituents is 1. The molecule has 0 aliphatic carbocycles. The highest BCUT2D eigenvalue weighted by Crippen LogP contribution is 2.30. The first-order valence-electron chi connectivity index (χ1n) is 8.16. The highest BCUT2D eigenvalue weighted by atomic mass is 35.5. The van der Waals surface area contributed by atoms with Gasteiger partial charge in [0.1, 0.15) is 12.3 Å². The number of amides is 1. The number of hydrazone groups is 1. The Hall–Kier alpha value is -2.98. The first-order chi connectivity index (χ1) is 13.7. The molecule has 0 saturated heterocycles. The summed E-state index contributed by atoms with van der Waals surface area (Å²) in [6.45, 7) is -0.525. The summed E-state index contributed by atoms with van der Waals surface area (Å²) in [6.07, 6.45) is 2.18. The minimum atomic E-state index is -3.78. The number of sulfonamides is 1. The van der Waals surface area contributed by atoms with Crippen molar-refractivity contribution in [2.24, 2.45) is 5.10 Å². The van der Waals surface area contributed by atoms with E-state index in [0.29, 0.717) is 11.3 Å². The van der Waals surface area contributed by atoms with Crippen molar-refractivity contribution in [3.05, 3.63) is 47.0 Å². The highest BCUT2D eigenvalue weighted by molar-refractivity contribution is 7.92. The van der Waals surface area contributed by atoms with Crippen LogP contribution in [0.25, 0.3) is 0 Å². The molecule has 0 bridgehead atoms. The number of rotatable bonds is 8. The average Bonchev–Trinajstić information content (AvgIpc) is 2.66. The SMILES string of the molecule is COc1ccc(N(CC(=O)N/N=C\c2cccc(OC)c2O)S(C)(=O)=O)cc1Cl. The Kier molecular flexibility index (Phi) is 7.29. The lowest BCUT2D eigenvalue weighted by Crippen LogP contribution is -2.39. The van der Waals surface area contributed by atoms with E-state index >= 15 is 0 Å². The fourth-order valence-electron chi connectivity index (χ4n) is 2.36. The van der Waals surface area contributed by atoms with Crippen molar-refractivity contribution in [2.75, 3.05) is 31.3 Å². The van der Waals surface area contributed by atoms with Crippen LogP contribution >= 0.6 is 11.6 Å². The Morgan fingerprint density at radius 3 is 2.52 bits per heavy atom. The monoisotopic (exact) mass is 441 g/mol. The lowest BCUT2D eigenvalue weighted by Gasteiger charge is -2.22. The Labute approximate surface area is 173 Å². The van der Waals surface area contributed by atoms with Crippen molar-refractivity contribution < 1.29 is 27.8 Å². The second-order valence-electron chi connectivity index (χ2n) is 5.78. The van der Waals surface area contributed by atoms with Gasteiger partial charge >= 0.3 is 0 Å². The Morgan fingerprint density at radius 2 is 1.93 bits per heavy atom. The molecule has 29 heavy (non-hydrogen) atoms. The van der Waals surface area contributed by atoms with Gasteiger partial charge in [-0.15, -0.1) is 0 Å². The summed E-state index contributed by atoms with van der Waals surface area (Å²) in [5.41, 5.74) is 2.73. The van der Waals surface area contributed by atoms with Gasteiger partial charge in [-0.25, -0.2) is 13.8 Å². The number of hydrogen-bond donors (Lipinski definition) is 2. The molecule has 0 heterocycles. The number of carbonyl (C=O) groups excluding carboxylic acids is 1. The molecule has 2 N–H and O–H groups in total. The third kappa shape index (κ3) is 5.75. The summed E-state index contributed by atoms with van der Waals surface area (Å²) in [6, 6.07) is 9.12. The quantitative estimate of drug-likeness (QED) is 0.477. The van der Waals surface area contributed by atoms with Crippen LogP contribution in [-0.2, 0) is 14.8 Å². The second-order valence-corrected chi connectivity index (χ2v) is 8.09. The summed E-state index contributed by atoms with van der Waals surface area (Å²) in [5, 5.41) is 13.9. The van der Waals surface area contributed by atoms with Gasteiger partial charge in [0.25, 0.3) is 5.91 Å². The number of anilines is 1. The number of halogens is 1. The van der Waals surface area contributed by atoms with Crippen LogP contribution in [0.2, 0.25) is 5.02 Å². The summed E-state index contributed by atoms with van der Waals surface area (Å²) in [7, 11) is -0.941. The molecule has 1 amide bonds. The van der Waals surface area contributed by atoms with Crippen LogP contribution in [0, 0.1) is 0 Å². The fourth-order valence-corrected chi connectivity index (χ4v) is 3.46. The molecule has 2 aromatic rings. The molecule has 0 radical (unpaired) electrons. The number of carbonyl (C=O) groups is 1. The van der Waals surface area contributed by atoms with E-state index in [1.54, 1.807) is 18.2 Å². The molecule has 0 aromatic heterocycles. The van der Waals surface area contributed by atoms with Crippen molar-refractivity contribution in [1.29, 1.82) is 0 Å². The van der Waals surface area contributed by atoms with Gasteiger partial charge < -0.3 is 14.6 Å². The van der Waals surface area contributed by atoms with Crippen LogP contribution in [-0.4, -0.2) is 52.7 Å². The van der Waals surface area contributed by atoms with E-state index in [9.17, 15) is 18.3 Å². The molecular weight excluding hydrogens is 422 g/mol. The molecular formula is C18H20ClN3O6S. The first kappa shape index (κ1) is 22.3. The third-order valence-corrected chi connectivity index (χ3v) is 5.19. The number of aromatic hydroxyl groups is 1. The number of phenols is 1. The maximum Gasteiger partial charge on any atom is 0.260 e. The van der Waals surface area contributed by atoms with Crippen LogP contribution in [0.3, 0.4) is 0 Å². The largest absolute Gasteiger partial charge is 0.504 e. The molecule has 156 valence electrons. The zero-order valence-corrected chi connectivity index (χ0v) is 17.5. The molecule has 0 unspecified atom stereocenters. The number of nitrogens with zero attached hydrogens (tertiary/aromatic N) is 2. The molecule has 0 aliphatic rings. The predicted octanol–water partition coefficient (Wildman–Crippen LogP) is 1.98. The van der Waals surface area contributed by atoms with Crippen molar-refractivity contribution in [3.8, 4) is 17.2 Å². The van der Waals surface area contributed by atoms with Crippen LogP contribution in [0.1, 0.15) is 5.56 Å². The normalized spacial score (nSPS) is 11.3. The lowest BCUT2D eigenvalue weighted by molar-refractivity contribution is -0.119. The molecule has 0 saturated carbocycles. The zero-order valence-electron chi connectivity index (χ0n) is 15.9. The first-order valence-corrected chi connectivity index (χ1v) is 10.4. The maximum absolute atomic E-state index is 12.2.